The summed E-state index contributed by atoms with van der Waals surface area (Å²) in [5, 5.41) is 2.52. The molecule has 0 bridgehead atoms. The number of anilines is 1. The first-order chi connectivity index (χ1) is 14.7. The third-order valence-corrected chi connectivity index (χ3v) is 5.90. The highest BCUT2D eigenvalue weighted by Gasteiger charge is 2.30. The van der Waals surface area contributed by atoms with Crippen molar-refractivity contribution in [2.45, 2.75) is 46.1 Å². The Morgan fingerprint density at radius 2 is 1.68 bits per heavy atom. The van der Waals surface area contributed by atoms with Gasteiger partial charge in [-0.2, -0.15) is 0 Å². The third kappa shape index (κ3) is 5.97. The van der Waals surface area contributed by atoms with Crippen LogP contribution in [0, 0.1) is 23.5 Å². The van der Waals surface area contributed by atoms with Gasteiger partial charge in [0.15, 0.2) is 5.78 Å². The molecule has 1 fully saturated rings. The summed E-state index contributed by atoms with van der Waals surface area (Å²) in [5.74, 6) is -1.17. The standard InChI is InChI=1S/C25H30F2N2O2/c1-16(2)14-18-4-6-19(7-5-18)24(30)20-10-12-29(13-11-20)17(3)25(31)28-23-9-8-21(26)15-22(23)27/h4-9,15-17,20H,10-14H2,1-3H3,(H,28,31). The summed E-state index contributed by atoms with van der Waals surface area (Å²) in [5.41, 5.74) is 1.94. The van der Waals surface area contributed by atoms with Gasteiger partial charge < -0.3 is 5.32 Å². The van der Waals surface area contributed by atoms with Crippen molar-refractivity contribution < 1.29 is 18.4 Å². The highest BCUT2D eigenvalue weighted by Crippen LogP contribution is 2.24. The number of ketones is 1. The van der Waals surface area contributed by atoms with Crippen molar-refractivity contribution in [2.24, 2.45) is 11.8 Å². The van der Waals surface area contributed by atoms with E-state index in [2.05, 4.69) is 19.2 Å². The summed E-state index contributed by atoms with van der Waals surface area (Å²) in [6, 6.07) is 10.5. The average molecular weight is 429 g/mol. The van der Waals surface area contributed by atoms with E-state index in [1.807, 2.05) is 29.2 Å². The molecule has 0 saturated carbocycles. The van der Waals surface area contributed by atoms with Crippen LogP contribution in [0.15, 0.2) is 42.5 Å². The molecule has 1 saturated heterocycles. The maximum atomic E-state index is 13.8. The number of hydrogen-bond donors (Lipinski definition) is 1. The first-order valence-corrected chi connectivity index (χ1v) is 10.9. The molecule has 31 heavy (non-hydrogen) atoms. The molecule has 1 aliphatic heterocycles. The predicted octanol–water partition coefficient (Wildman–Crippen LogP) is 5.09. The van der Waals surface area contributed by atoms with Gasteiger partial charge in [0.05, 0.1) is 11.7 Å². The fourth-order valence-electron chi connectivity index (χ4n) is 4.05. The number of halogens is 2. The number of amides is 1. The van der Waals surface area contributed by atoms with Gasteiger partial charge in [-0.3, -0.25) is 14.5 Å². The van der Waals surface area contributed by atoms with Crippen molar-refractivity contribution in [3.8, 4) is 0 Å². The lowest BCUT2D eigenvalue weighted by Crippen LogP contribution is -2.47. The summed E-state index contributed by atoms with van der Waals surface area (Å²) < 4.78 is 26.8. The van der Waals surface area contributed by atoms with E-state index in [1.54, 1.807) is 6.92 Å². The number of piperidine rings is 1. The van der Waals surface area contributed by atoms with E-state index >= 15 is 0 Å². The van der Waals surface area contributed by atoms with Gasteiger partial charge in [-0.1, -0.05) is 38.1 Å². The zero-order chi connectivity index (χ0) is 22.5. The van der Waals surface area contributed by atoms with Crippen LogP contribution >= 0.6 is 0 Å². The van der Waals surface area contributed by atoms with Crippen LogP contribution in [0.1, 0.15) is 49.5 Å². The Balaban J connectivity index is 1.53. The maximum absolute atomic E-state index is 13.8. The molecule has 0 aromatic heterocycles. The number of benzene rings is 2. The molecular weight excluding hydrogens is 398 g/mol. The van der Waals surface area contributed by atoms with E-state index in [0.717, 1.165) is 24.1 Å². The van der Waals surface area contributed by atoms with E-state index in [-0.39, 0.29) is 23.3 Å². The quantitative estimate of drug-likeness (QED) is 0.626. The normalized spacial score (nSPS) is 16.3. The van der Waals surface area contributed by atoms with E-state index in [1.165, 1.54) is 11.6 Å². The molecule has 1 unspecified atom stereocenters. The van der Waals surface area contributed by atoms with E-state index < -0.39 is 17.7 Å². The Morgan fingerprint density at radius 1 is 1.03 bits per heavy atom. The highest BCUT2D eigenvalue weighted by molar-refractivity contribution is 5.98. The number of carbonyl (C=O) groups excluding carboxylic acids is 2. The first-order valence-electron chi connectivity index (χ1n) is 10.9. The Labute approximate surface area is 182 Å². The van der Waals surface area contributed by atoms with Crippen molar-refractivity contribution in [1.82, 2.24) is 4.90 Å². The number of hydrogen-bond acceptors (Lipinski definition) is 3. The van der Waals surface area contributed by atoms with Gasteiger partial charge in [0.25, 0.3) is 0 Å². The zero-order valence-electron chi connectivity index (χ0n) is 18.3. The molecule has 3 rings (SSSR count). The minimum absolute atomic E-state index is 0.0378. The number of likely N-dealkylation sites (tertiary alicyclic amines) is 1. The lowest BCUT2D eigenvalue weighted by Gasteiger charge is -2.34. The van der Waals surface area contributed by atoms with Gasteiger partial charge in [0.2, 0.25) is 5.91 Å². The second-order valence-electron chi connectivity index (χ2n) is 8.76. The monoisotopic (exact) mass is 428 g/mol. The summed E-state index contributed by atoms with van der Waals surface area (Å²) in [6.07, 6.45) is 2.35. The Hall–Kier alpha value is -2.60. The smallest absolute Gasteiger partial charge is 0.241 e. The molecule has 0 aliphatic carbocycles. The molecule has 6 heteroatoms. The molecule has 4 nitrogen and oxygen atoms in total. The first kappa shape index (κ1) is 23.1. The van der Waals surface area contributed by atoms with Crippen LogP contribution in [0.2, 0.25) is 0 Å². The molecule has 2 aromatic rings. The molecule has 1 atom stereocenters. The fraction of sp³-hybridized carbons (Fsp3) is 0.440. The number of carbonyl (C=O) groups is 2. The molecule has 1 aliphatic rings. The van der Waals surface area contributed by atoms with Crippen LogP contribution in [0.5, 0.6) is 0 Å². The Kier molecular flexibility index (Phi) is 7.55. The minimum atomic E-state index is -0.802. The van der Waals surface area contributed by atoms with Crippen LogP contribution in [-0.2, 0) is 11.2 Å². The van der Waals surface area contributed by atoms with Crippen molar-refractivity contribution in [3.05, 3.63) is 65.2 Å². The SMILES string of the molecule is CC(C)Cc1ccc(C(=O)C2CCN(C(C)C(=O)Nc3ccc(F)cc3F)CC2)cc1. The number of rotatable bonds is 7. The molecular formula is C25H30F2N2O2. The fourth-order valence-corrected chi connectivity index (χ4v) is 4.05. The van der Waals surface area contributed by atoms with Crippen molar-refractivity contribution in [3.63, 3.8) is 0 Å². The maximum Gasteiger partial charge on any atom is 0.241 e. The van der Waals surface area contributed by atoms with E-state index in [4.69, 9.17) is 0 Å². The topological polar surface area (TPSA) is 49.4 Å². The van der Waals surface area contributed by atoms with E-state index in [9.17, 15) is 18.4 Å². The largest absolute Gasteiger partial charge is 0.322 e. The van der Waals surface area contributed by atoms with Crippen LogP contribution in [0.3, 0.4) is 0 Å². The lowest BCUT2D eigenvalue weighted by atomic mass is 9.88. The molecule has 2 aromatic carbocycles. The Bertz CT molecular complexity index is 920. The highest BCUT2D eigenvalue weighted by atomic mass is 19.1. The van der Waals surface area contributed by atoms with Crippen LogP contribution in [0.25, 0.3) is 0 Å². The third-order valence-electron chi connectivity index (χ3n) is 5.90. The molecule has 0 spiro atoms. The second kappa shape index (κ2) is 10.1. The number of Topliss-reactive ketones (excluding diaryl/α,β-unsaturated/α-hetero) is 1. The average Bonchev–Trinajstić information content (AvgIpc) is 2.75. The van der Waals surface area contributed by atoms with Gasteiger partial charge in [0, 0.05) is 17.5 Å². The van der Waals surface area contributed by atoms with Gasteiger partial charge in [-0.25, -0.2) is 8.78 Å². The molecule has 166 valence electrons. The summed E-state index contributed by atoms with van der Waals surface area (Å²) >= 11 is 0. The van der Waals surface area contributed by atoms with Gasteiger partial charge in [-0.15, -0.1) is 0 Å². The number of nitrogens with one attached hydrogen (secondary N) is 1. The summed E-state index contributed by atoms with van der Waals surface area (Å²) in [7, 11) is 0. The molecule has 1 heterocycles. The van der Waals surface area contributed by atoms with Crippen molar-refractivity contribution >= 4 is 17.4 Å². The summed E-state index contributed by atoms with van der Waals surface area (Å²) in [4.78, 5) is 27.4. The van der Waals surface area contributed by atoms with Crippen molar-refractivity contribution in [1.29, 1.82) is 0 Å². The second-order valence-corrected chi connectivity index (χ2v) is 8.76. The zero-order valence-corrected chi connectivity index (χ0v) is 18.3. The minimum Gasteiger partial charge on any atom is -0.322 e. The van der Waals surface area contributed by atoms with Crippen molar-refractivity contribution in [2.75, 3.05) is 18.4 Å². The predicted molar refractivity (Wildman–Crippen MR) is 118 cm³/mol. The lowest BCUT2D eigenvalue weighted by molar-refractivity contribution is -0.121. The van der Waals surface area contributed by atoms with Crippen LogP contribution in [-0.4, -0.2) is 35.7 Å². The van der Waals surface area contributed by atoms with Gasteiger partial charge in [0.1, 0.15) is 11.6 Å². The van der Waals surface area contributed by atoms with Gasteiger partial charge in [-0.05, 0) is 62.9 Å². The van der Waals surface area contributed by atoms with Crippen LogP contribution < -0.4 is 5.32 Å². The molecule has 0 radical (unpaired) electrons. The van der Waals surface area contributed by atoms with Crippen LogP contribution in [0.4, 0.5) is 14.5 Å². The molecule has 1 amide bonds. The summed E-state index contributed by atoms with van der Waals surface area (Å²) in [6.45, 7) is 7.32. The van der Waals surface area contributed by atoms with E-state index in [0.29, 0.717) is 31.8 Å². The number of nitrogens with zero attached hydrogens (tertiary/aromatic N) is 1. The molecule has 1 N–H and O–H groups in total. The van der Waals surface area contributed by atoms with Gasteiger partial charge >= 0.3 is 0 Å². The Morgan fingerprint density at radius 3 is 2.26 bits per heavy atom.